The average Bonchev–Trinajstić information content (AvgIpc) is 3.34. The van der Waals surface area contributed by atoms with E-state index >= 15 is 0 Å². The number of hydrogen-bond donors (Lipinski definition) is 1. The van der Waals surface area contributed by atoms with E-state index in [9.17, 15) is 14.7 Å². The Labute approximate surface area is 198 Å². The Morgan fingerprint density at radius 3 is 2.70 bits per heavy atom. The topological polar surface area (TPSA) is 83.6 Å². The largest absolute Gasteiger partial charge is 0.503 e. The van der Waals surface area contributed by atoms with Crippen LogP contribution in [-0.4, -0.2) is 21.8 Å². The summed E-state index contributed by atoms with van der Waals surface area (Å²) in [4.78, 5) is 32.4. The number of halogens is 2. The van der Waals surface area contributed by atoms with Crippen molar-refractivity contribution in [2.24, 2.45) is 0 Å². The Bertz CT molecular complexity index is 1460. The fraction of sp³-hybridized carbons (Fsp3) is 0.0800. The van der Waals surface area contributed by atoms with Gasteiger partial charge in [0.2, 0.25) is 5.78 Å². The number of rotatable bonds is 4. The summed E-state index contributed by atoms with van der Waals surface area (Å²) in [6.45, 7) is 1.77. The van der Waals surface area contributed by atoms with Gasteiger partial charge in [-0.05, 0) is 60.5 Å². The molecule has 2 aromatic heterocycles. The molecule has 0 radical (unpaired) electrons. The van der Waals surface area contributed by atoms with Crippen LogP contribution >= 0.6 is 23.2 Å². The summed E-state index contributed by atoms with van der Waals surface area (Å²) in [5.41, 5.74) is 2.04. The highest BCUT2D eigenvalue weighted by molar-refractivity contribution is 6.32. The Kier molecular flexibility index (Phi) is 5.19. The summed E-state index contributed by atoms with van der Waals surface area (Å²) >= 11 is 12.4. The van der Waals surface area contributed by atoms with Crippen molar-refractivity contribution in [1.82, 2.24) is 4.98 Å². The van der Waals surface area contributed by atoms with Crippen LogP contribution in [0.2, 0.25) is 10.0 Å². The lowest BCUT2D eigenvalue weighted by Crippen LogP contribution is -2.31. The first-order chi connectivity index (χ1) is 15.9. The van der Waals surface area contributed by atoms with Crippen LogP contribution in [0, 0.1) is 6.92 Å². The van der Waals surface area contributed by atoms with Crippen molar-refractivity contribution < 1.29 is 19.1 Å². The highest BCUT2D eigenvalue weighted by Crippen LogP contribution is 2.44. The van der Waals surface area contributed by atoms with Crippen molar-refractivity contribution in [3.05, 3.63) is 105 Å². The van der Waals surface area contributed by atoms with Gasteiger partial charge in [0.1, 0.15) is 5.58 Å². The van der Waals surface area contributed by atoms with Crippen LogP contribution in [0.25, 0.3) is 11.0 Å². The Hall–Kier alpha value is -3.61. The number of carbonyl (C=O) groups is 2. The van der Waals surface area contributed by atoms with Gasteiger partial charge in [-0.15, -0.1) is 0 Å². The predicted octanol–water partition coefficient (Wildman–Crippen LogP) is 6.23. The van der Waals surface area contributed by atoms with Crippen LogP contribution in [0.15, 0.2) is 82.7 Å². The standard InChI is InChI=1S/C25H16Cl2N2O4/c1-13-17(27)5-2-6-18(13)29-22(14-4-3-9-28-12-14)21(24(31)25(29)32)23(30)20-11-15-10-16(26)7-8-19(15)33-20/h2-12,22,31H,1H3. The van der Waals surface area contributed by atoms with Crippen LogP contribution in [0.1, 0.15) is 27.7 Å². The number of amides is 1. The molecule has 5 rings (SSSR count). The molecule has 164 valence electrons. The van der Waals surface area contributed by atoms with Crippen LogP contribution in [0.4, 0.5) is 5.69 Å². The molecule has 4 aromatic rings. The third-order valence-electron chi connectivity index (χ3n) is 5.65. The molecule has 0 spiro atoms. The van der Waals surface area contributed by atoms with Gasteiger partial charge in [0.05, 0.1) is 11.6 Å². The number of hydrogen-bond acceptors (Lipinski definition) is 5. The number of pyridine rings is 1. The molecule has 0 saturated carbocycles. The molecule has 1 unspecified atom stereocenters. The molecule has 2 aromatic carbocycles. The molecular weight excluding hydrogens is 463 g/mol. The second kappa shape index (κ2) is 8.06. The molecule has 33 heavy (non-hydrogen) atoms. The number of Topliss-reactive ketones (excluding diaryl/α,β-unsaturated/α-hetero) is 1. The molecule has 1 atom stereocenters. The molecule has 0 aliphatic carbocycles. The maximum absolute atomic E-state index is 13.6. The van der Waals surface area contributed by atoms with Gasteiger partial charge in [0.25, 0.3) is 5.91 Å². The molecule has 0 fully saturated rings. The van der Waals surface area contributed by atoms with E-state index in [-0.39, 0.29) is 11.3 Å². The molecule has 6 nitrogen and oxygen atoms in total. The van der Waals surface area contributed by atoms with E-state index in [4.69, 9.17) is 27.6 Å². The molecule has 1 N–H and O–H groups in total. The molecular formula is C25H16Cl2N2O4. The maximum atomic E-state index is 13.6. The van der Waals surface area contributed by atoms with Gasteiger partial charge in [0.15, 0.2) is 11.5 Å². The zero-order valence-electron chi connectivity index (χ0n) is 17.3. The summed E-state index contributed by atoms with van der Waals surface area (Å²) < 4.78 is 5.73. The summed E-state index contributed by atoms with van der Waals surface area (Å²) in [5.74, 6) is -1.98. The summed E-state index contributed by atoms with van der Waals surface area (Å²) in [6, 6.07) is 14.2. The number of benzene rings is 2. The molecule has 1 aliphatic rings. The van der Waals surface area contributed by atoms with E-state index in [0.717, 1.165) is 0 Å². The van der Waals surface area contributed by atoms with Crippen LogP contribution in [-0.2, 0) is 4.79 Å². The number of carbonyl (C=O) groups excluding carboxylic acids is 2. The van der Waals surface area contributed by atoms with Gasteiger partial charge >= 0.3 is 0 Å². The Balaban J connectivity index is 1.68. The molecule has 0 saturated heterocycles. The van der Waals surface area contributed by atoms with Crippen molar-refractivity contribution >= 4 is 51.5 Å². The Morgan fingerprint density at radius 1 is 1.12 bits per heavy atom. The Morgan fingerprint density at radius 2 is 1.94 bits per heavy atom. The second-order valence-corrected chi connectivity index (χ2v) is 8.48. The lowest BCUT2D eigenvalue weighted by molar-refractivity contribution is -0.117. The number of nitrogens with zero attached hydrogens (tertiary/aromatic N) is 2. The van der Waals surface area contributed by atoms with Crippen molar-refractivity contribution in [3.8, 4) is 0 Å². The van der Waals surface area contributed by atoms with Gasteiger partial charge in [-0.2, -0.15) is 0 Å². The van der Waals surface area contributed by atoms with Crippen LogP contribution in [0.3, 0.4) is 0 Å². The van der Waals surface area contributed by atoms with E-state index in [1.807, 2.05) is 0 Å². The third-order valence-corrected chi connectivity index (χ3v) is 6.30. The average molecular weight is 479 g/mol. The number of furan rings is 1. The molecule has 8 heteroatoms. The lowest BCUT2D eigenvalue weighted by Gasteiger charge is -2.28. The first-order valence-corrected chi connectivity index (χ1v) is 10.8. The van der Waals surface area contributed by atoms with Gasteiger partial charge in [-0.1, -0.05) is 35.3 Å². The first-order valence-electron chi connectivity index (χ1n) is 10.0. The monoisotopic (exact) mass is 478 g/mol. The van der Waals surface area contributed by atoms with E-state index in [1.165, 1.54) is 4.90 Å². The number of fused-ring (bicyclic) bond motifs is 1. The van der Waals surface area contributed by atoms with Crippen molar-refractivity contribution in [1.29, 1.82) is 0 Å². The van der Waals surface area contributed by atoms with Crippen molar-refractivity contribution in [3.63, 3.8) is 0 Å². The quantitative estimate of drug-likeness (QED) is 0.351. The summed E-state index contributed by atoms with van der Waals surface area (Å²) in [7, 11) is 0. The fourth-order valence-corrected chi connectivity index (χ4v) is 4.40. The number of ketones is 1. The minimum absolute atomic E-state index is 0.0137. The van der Waals surface area contributed by atoms with Gasteiger partial charge in [-0.25, -0.2) is 0 Å². The highest BCUT2D eigenvalue weighted by atomic mass is 35.5. The SMILES string of the molecule is Cc1c(Cl)cccc1N1C(=O)C(O)=C(C(=O)c2cc3cc(Cl)ccc3o2)C1c1cccnc1. The maximum Gasteiger partial charge on any atom is 0.294 e. The summed E-state index contributed by atoms with van der Waals surface area (Å²) in [5, 5.41) is 12.5. The van der Waals surface area contributed by atoms with E-state index in [1.54, 1.807) is 73.9 Å². The number of anilines is 1. The van der Waals surface area contributed by atoms with Crippen molar-refractivity contribution in [2.45, 2.75) is 13.0 Å². The van der Waals surface area contributed by atoms with Crippen molar-refractivity contribution in [2.75, 3.05) is 4.90 Å². The fourth-order valence-electron chi connectivity index (χ4n) is 4.05. The summed E-state index contributed by atoms with van der Waals surface area (Å²) in [6.07, 6.45) is 3.14. The van der Waals surface area contributed by atoms with E-state index in [0.29, 0.717) is 37.8 Å². The van der Waals surface area contributed by atoms with Crippen LogP contribution in [0.5, 0.6) is 0 Å². The molecule has 1 amide bonds. The zero-order chi connectivity index (χ0) is 23.3. The smallest absolute Gasteiger partial charge is 0.294 e. The van der Waals surface area contributed by atoms with E-state index < -0.39 is 23.5 Å². The second-order valence-electron chi connectivity index (χ2n) is 7.63. The zero-order valence-corrected chi connectivity index (χ0v) is 18.8. The molecule has 0 bridgehead atoms. The number of aromatic nitrogens is 1. The minimum atomic E-state index is -0.923. The minimum Gasteiger partial charge on any atom is -0.503 e. The van der Waals surface area contributed by atoms with Crippen LogP contribution < -0.4 is 4.90 Å². The normalized spacial score (nSPS) is 16.2. The lowest BCUT2D eigenvalue weighted by atomic mass is 9.95. The third kappa shape index (κ3) is 3.48. The molecule has 1 aliphatic heterocycles. The van der Waals surface area contributed by atoms with Gasteiger partial charge < -0.3 is 9.52 Å². The number of aliphatic hydroxyl groups is 1. The highest BCUT2D eigenvalue weighted by Gasteiger charge is 2.46. The predicted molar refractivity (Wildman–Crippen MR) is 126 cm³/mol. The van der Waals surface area contributed by atoms with Gasteiger partial charge in [-0.3, -0.25) is 19.5 Å². The number of aliphatic hydroxyl groups excluding tert-OH is 1. The van der Waals surface area contributed by atoms with Gasteiger partial charge in [0, 0.05) is 33.5 Å². The molecule has 3 heterocycles. The first kappa shape index (κ1) is 21.2. The van der Waals surface area contributed by atoms with E-state index in [2.05, 4.69) is 4.98 Å².